The number of rotatable bonds is 10. The van der Waals surface area contributed by atoms with Gasteiger partial charge in [-0.3, -0.25) is 4.79 Å². The molecule has 1 amide bonds. The summed E-state index contributed by atoms with van der Waals surface area (Å²) < 4.78 is 5.66. The molecule has 5 heteroatoms. The van der Waals surface area contributed by atoms with E-state index in [-0.39, 0.29) is 12.5 Å². The molecule has 0 fully saturated rings. The van der Waals surface area contributed by atoms with Crippen LogP contribution in [0.15, 0.2) is 59.7 Å². The third-order valence-electron chi connectivity index (χ3n) is 3.53. The van der Waals surface area contributed by atoms with E-state index in [2.05, 4.69) is 22.8 Å². The van der Waals surface area contributed by atoms with Crippen molar-refractivity contribution in [3.05, 3.63) is 60.2 Å². The van der Waals surface area contributed by atoms with E-state index < -0.39 is 0 Å². The molecule has 0 heterocycles. The van der Waals surface area contributed by atoms with Gasteiger partial charge in [0.05, 0.1) is 19.4 Å². The molecule has 2 aromatic carbocycles. The predicted octanol–water partition coefficient (Wildman–Crippen LogP) is 3.82. The zero-order chi connectivity index (χ0) is 17.7. The lowest BCUT2D eigenvalue weighted by atomic mass is 10.2. The lowest BCUT2D eigenvalue weighted by Gasteiger charge is -2.06. The largest absolute Gasteiger partial charge is 0.494 e. The summed E-state index contributed by atoms with van der Waals surface area (Å²) >= 11 is 0. The number of carbonyl (C=O) groups excluding carboxylic acids is 1. The number of anilines is 1. The summed E-state index contributed by atoms with van der Waals surface area (Å²) in [5.74, 6) is 0.653. The van der Waals surface area contributed by atoms with E-state index in [1.807, 2.05) is 54.6 Å². The number of nitrogens with zero attached hydrogens (tertiary/aromatic N) is 1. The Kier molecular flexibility index (Phi) is 8.05. The molecule has 132 valence electrons. The fraction of sp³-hybridized carbons (Fsp3) is 0.300. The maximum absolute atomic E-state index is 11.7. The van der Waals surface area contributed by atoms with Crippen LogP contribution in [0.25, 0.3) is 0 Å². The molecule has 0 aliphatic carbocycles. The van der Waals surface area contributed by atoms with Crippen LogP contribution in [0, 0.1) is 0 Å². The molecule has 0 atom stereocenters. The first-order chi connectivity index (χ1) is 12.3. The van der Waals surface area contributed by atoms with Crippen LogP contribution in [-0.4, -0.2) is 25.3 Å². The summed E-state index contributed by atoms with van der Waals surface area (Å²) in [5, 5.41) is 6.99. The van der Waals surface area contributed by atoms with Crippen molar-refractivity contribution in [1.82, 2.24) is 5.43 Å². The van der Waals surface area contributed by atoms with Crippen LogP contribution in [0.4, 0.5) is 5.69 Å². The van der Waals surface area contributed by atoms with Crippen molar-refractivity contribution >= 4 is 17.8 Å². The summed E-state index contributed by atoms with van der Waals surface area (Å²) in [6.45, 7) is 3.09. The van der Waals surface area contributed by atoms with Crippen molar-refractivity contribution in [2.45, 2.75) is 26.2 Å². The Hall–Kier alpha value is -2.82. The zero-order valence-corrected chi connectivity index (χ0v) is 14.6. The minimum atomic E-state index is -0.198. The molecule has 5 nitrogen and oxygen atoms in total. The molecule has 0 aromatic heterocycles. The molecule has 2 rings (SSSR count). The summed E-state index contributed by atoms with van der Waals surface area (Å²) in [5.41, 5.74) is 4.30. The minimum Gasteiger partial charge on any atom is -0.494 e. The SMILES string of the molecule is CCCCCOc1ccc(/C=N/NC(=O)CNc2ccccc2)cc1. The fourth-order valence-electron chi connectivity index (χ4n) is 2.15. The normalized spacial score (nSPS) is 10.6. The van der Waals surface area contributed by atoms with E-state index in [1.165, 1.54) is 12.8 Å². The van der Waals surface area contributed by atoms with Crippen molar-refractivity contribution in [1.29, 1.82) is 0 Å². The van der Waals surface area contributed by atoms with Gasteiger partial charge in [0.15, 0.2) is 0 Å². The molecule has 0 saturated heterocycles. The Bertz CT molecular complexity index is 654. The first-order valence-corrected chi connectivity index (χ1v) is 8.61. The monoisotopic (exact) mass is 339 g/mol. The highest BCUT2D eigenvalue weighted by atomic mass is 16.5. The van der Waals surface area contributed by atoms with Crippen LogP contribution < -0.4 is 15.5 Å². The minimum absolute atomic E-state index is 0.173. The van der Waals surface area contributed by atoms with E-state index in [0.717, 1.165) is 30.0 Å². The molecular formula is C20H25N3O2. The van der Waals surface area contributed by atoms with E-state index in [9.17, 15) is 4.79 Å². The second kappa shape index (κ2) is 10.9. The number of unbranched alkanes of at least 4 members (excludes halogenated alkanes) is 2. The molecule has 2 aromatic rings. The fourth-order valence-corrected chi connectivity index (χ4v) is 2.15. The van der Waals surface area contributed by atoms with Gasteiger partial charge in [0.1, 0.15) is 5.75 Å². The van der Waals surface area contributed by atoms with Gasteiger partial charge < -0.3 is 10.1 Å². The molecule has 0 bridgehead atoms. The molecule has 0 aliphatic heterocycles. The Balaban J connectivity index is 1.69. The Labute approximate surface area is 149 Å². The highest BCUT2D eigenvalue weighted by Crippen LogP contribution is 2.11. The van der Waals surface area contributed by atoms with E-state index in [1.54, 1.807) is 6.21 Å². The highest BCUT2D eigenvalue weighted by Gasteiger charge is 1.99. The summed E-state index contributed by atoms with van der Waals surface area (Å²) in [4.78, 5) is 11.7. The topological polar surface area (TPSA) is 62.7 Å². The van der Waals surface area contributed by atoms with Crippen molar-refractivity contribution in [3.63, 3.8) is 0 Å². The van der Waals surface area contributed by atoms with Crippen LogP contribution in [0.1, 0.15) is 31.7 Å². The number of hydrazone groups is 1. The van der Waals surface area contributed by atoms with Crippen molar-refractivity contribution < 1.29 is 9.53 Å². The van der Waals surface area contributed by atoms with Gasteiger partial charge in [-0.1, -0.05) is 38.0 Å². The molecular weight excluding hydrogens is 314 g/mol. The number of hydrogen-bond donors (Lipinski definition) is 2. The van der Waals surface area contributed by atoms with Crippen molar-refractivity contribution in [2.24, 2.45) is 5.10 Å². The molecule has 0 spiro atoms. The van der Waals surface area contributed by atoms with Gasteiger partial charge >= 0.3 is 0 Å². The molecule has 0 unspecified atom stereocenters. The van der Waals surface area contributed by atoms with Crippen LogP contribution in [0.3, 0.4) is 0 Å². The van der Waals surface area contributed by atoms with Gasteiger partial charge in [-0.15, -0.1) is 0 Å². The molecule has 2 N–H and O–H groups in total. The molecule has 0 radical (unpaired) electrons. The van der Waals surface area contributed by atoms with Crippen LogP contribution in [0.2, 0.25) is 0 Å². The van der Waals surface area contributed by atoms with E-state index in [4.69, 9.17) is 4.74 Å². The first-order valence-electron chi connectivity index (χ1n) is 8.61. The smallest absolute Gasteiger partial charge is 0.259 e. The zero-order valence-electron chi connectivity index (χ0n) is 14.6. The highest BCUT2D eigenvalue weighted by molar-refractivity contribution is 5.84. The lowest BCUT2D eigenvalue weighted by Crippen LogP contribution is -2.25. The maximum atomic E-state index is 11.7. The van der Waals surface area contributed by atoms with Crippen molar-refractivity contribution in [2.75, 3.05) is 18.5 Å². The van der Waals surface area contributed by atoms with Gasteiger partial charge in [-0.25, -0.2) is 5.43 Å². The molecule has 25 heavy (non-hydrogen) atoms. The van der Waals surface area contributed by atoms with Crippen LogP contribution in [-0.2, 0) is 4.79 Å². The molecule has 0 saturated carbocycles. The van der Waals surface area contributed by atoms with Gasteiger partial charge in [0.2, 0.25) is 0 Å². The van der Waals surface area contributed by atoms with Gasteiger partial charge in [0, 0.05) is 5.69 Å². The predicted molar refractivity (Wildman–Crippen MR) is 102 cm³/mol. The van der Waals surface area contributed by atoms with Gasteiger partial charge in [-0.05, 0) is 48.4 Å². The average molecular weight is 339 g/mol. The maximum Gasteiger partial charge on any atom is 0.259 e. The van der Waals surface area contributed by atoms with E-state index >= 15 is 0 Å². The Morgan fingerprint density at radius 2 is 1.84 bits per heavy atom. The van der Waals surface area contributed by atoms with Gasteiger partial charge in [0.25, 0.3) is 5.91 Å². The molecule has 0 aliphatic rings. The Morgan fingerprint density at radius 3 is 2.56 bits per heavy atom. The second-order valence-electron chi connectivity index (χ2n) is 5.64. The number of amides is 1. The number of hydrogen-bond acceptors (Lipinski definition) is 4. The summed E-state index contributed by atoms with van der Waals surface area (Å²) in [6, 6.07) is 17.2. The number of para-hydroxylation sites is 1. The second-order valence-corrected chi connectivity index (χ2v) is 5.64. The lowest BCUT2D eigenvalue weighted by molar-refractivity contribution is -0.119. The van der Waals surface area contributed by atoms with E-state index in [0.29, 0.717) is 0 Å². The van der Waals surface area contributed by atoms with Crippen LogP contribution >= 0.6 is 0 Å². The Morgan fingerprint density at radius 1 is 1.08 bits per heavy atom. The number of nitrogens with one attached hydrogen (secondary N) is 2. The van der Waals surface area contributed by atoms with Gasteiger partial charge in [-0.2, -0.15) is 5.10 Å². The quantitative estimate of drug-likeness (QED) is 0.393. The average Bonchev–Trinajstić information content (AvgIpc) is 2.66. The van der Waals surface area contributed by atoms with Crippen LogP contribution in [0.5, 0.6) is 5.75 Å². The number of ether oxygens (including phenoxy) is 1. The number of benzene rings is 2. The third kappa shape index (κ3) is 7.52. The summed E-state index contributed by atoms with van der Waals surface area (Å²) in [7, 11) is 0. The standard InChI is InChI=1S/C20H25N3O2/c1-2-3-7-14-25-19-12-10-17(11-13-19)15-22-23-20(24)16-21-18-8-5-4-6-9-18/h4-6,8-13,15,21H,2-3,7,14,16H2,1H3,(H,23,24)/b22-15+. The first kappa shape index (κ1) is 18.5. The summed E-state index contributed by atoms with van der Waals surface area (Å²) in [6.07, 6.45) is 5.05. The number of carbonyl (C=O) groups is 1. The van der Waals surface area contributed by atoms with Crippen molar-refractivity contribution in [3.8, 4) is 5.75 Å². The third-order valence-corrected chi connectivity index (χ3v) is 3.53.